The van der Waals surface area contributed by atoms with Crippen molar-refractivity contribution in [2.75, 3.05) is 11.9 Å². The molecule has 1 aliphatic rings. The second-order valence-electron chi connectivity index (χ2n) is 6.64. The van der Waals surface area contributed by atoms with Gasteiger partial charge < -0.3 is 14.8 Å². The van der Waals surface area contributed by atoms with Crippen molar-refractivity contribution in [3.05, 3.63) is 72.1 Å². The highest BCUT2D eigenvalue weighted by Crippen LogP contribution is 2.33. The topological polar surface area (TPSA) is 86.2 Å². The summed E-state index contributed by atoms with van der Waals surface area (Å²) in [6.07, 6.45) is 2.37. The number of fused-ring (bicyclic) bond motifs is 2. The van der Waals surface area contributed by atoms with Crippen LogP contribution in [0.1, 0.15) is 0 Å². The van der Waals surface area contributed by atoms with Crippen molar-refractivity contribution in [3.8, 4) is 22.8 Å². The minimum atomic E-state index is -0.754. The lowest BCUT2D eigenvalue weighted by atomic mass is 10.1. The quantitative estimate of drug-likeness (QED) is 0.538. The molecule has 1 atom stereocenters. The number of hydrogen-bond acceptors (Lipinski definition) is 6. The summed E-state index contributed by atoms with van der Waals surface area (Å²) >= 11 is 6.51. The molecule has 0 radical (unpaired) electrons. The third-order valence-corrected chi connectivity index (χ3v) is 5.01. The van der Waals surface area contributed by atoms with E-state index in [1.54, 1.807) is 36.5 Å². The van der Waals surface area contributed by atoms with Gasteiger partial charge in [-0.1, -0.05) is 23.7 Å². The number of nitrogens with zero attached hydrogens (tertiary/aromatic N) is 3. The standard InChI is InChI=1S/C22H15ClN4O3/c23-16-10-13(27-22(28)19-11-29-17-5-1-2-6-18(17)30-19)7-8-14(16)20-15-4-3-9-24-21(15)26-12-25-20/h1-10,12,19H,11H2,(H,27,28). The Morgan fingerprint density at radius 1 is 1.03 bits per heavy atom. The van der Waals surface area contributed by atoms with Crippen LogP contribution in [0.3, 0.4) is 0 Å². The number of nitrogens with one attached hydrogen (secondary N) is 1. The molecular weight excluding hydrogens is 404 g/mol. The van der Waals surface area contributed by atoms with Gasteiger partial charge in [0.15, 0.2) is 17.1 Å². The molecule has 0 saturated carbocycles. The third-order valence-electron chi connectivity index (χ3n) is 4.70. The van der Waals surface area contributed by atoms with Gasteiger partial charge in [0.05, 0.1) is 10.7 Å². The molecule has 8 heteroatoms. The van der Waals surface area contributed by atoms with Crippen LogP contribution < -0.4 is 14.8 Å². The zero-order valence-corrected chi connectivity index (χ0v) is 16.3. The maximum atomic E-state index is 12.6. The van der Waals surface area contributed by atoms with E-state index in [2.05, 4.69) is 20.3 Å². The average Bonchev–Trinajstić information content (AvgIpc) is 2.78. The third kappa shape index (κ3) is 3.40. The van der Waals surface area contributed by atoms with Crippen LogP contribution in [-0.4, -0.2) is 33.6 Å². The van der Waals surface area contributed by atoms with Gasteiger partial charge in [0.2, 0.25) is 6.10 Å². The van der Waals surface area contributed by atoms with Crippen LogP contribution in [0.4, 0.5) is 5.69 Å². The van der Waals surface area contributed by atoms with E-state index in [-0.39, 0.29) is 12.5 Å². The number of anilines is 1. The highest BCUT2D eigenvalue weighted by molar-refractivity contribution is 6.34. The van der Waals surface area contributed by atoms with E-state index in [0.717, 1.165) is 10.9 Å². The van der Waals surface area contributed by atoms with Crippen LogP contribution >= 0.6 is 11.6 Å². The van der Waals surface area contributed by atoms with Crippen LogP contribution in [0.5, 0.6) is 11.5 Å². The van der Waals surface area contributed by atoms with E-state index in [4.69, 9.17) is 21.1 Å². The van der Waals surface area contributed by atoms with E-state index in [1.807, 2.05) is 24.3 Å². The SMILES string of the molecule is O=C(Nc1ccc(-c2ncnc3ncccc23)c(Cl)c1)C1COc2ccccc2O1. The maximum absolute atomic E-state index is 12.6. The minimum absolute atomic E-state index is 0.134. The Hall–Kier alpha value is -3.71. The molecule has 0 bridgehead atoms. The largest absolute Gasteiger partial charge is 0.485 e. The molecular formula is C22H15ClN4O3. The minimum Gasteiger partial charge on any atom is -0.485 e. The van der Waals surface area contributed by atoms with Crippen molar-refractivity contribution in [1.29, 1.82) is 0 Å². The molecule has 2 aromatic carbocycles. The van der Waals surface area contributed by atoms with E-state index in [9.17, 15) is 4.79 Å². The van der Waals surface area contributed by atoms with Gasteiger partial charge in [-0.15, -0.1) is 0 Å². The average molecular weight is 419 g/mol. The van der Waals surface area contributed by atoms with Crippen LogP contribution in [0, 0.1) is 0 Å². The molecule has 1 amide bonds. The number of para-hydroxylation sites is 2. The molecule has 5 rings (SSSR count). The lowest BCUT2D eigenvalue weighted by Crippen LogP contribution is -2.40. The van der Waals surface area contributed by atoms with Gasteiger partial charge in [-0.25, -0.2) is 15.0 Å². The van der Waals surface area contributed by atoms with Crippen molar-refractivity contribution in [1.82, 2.24) is 15.0 Å². The van der Waals surface area contributed by atoms with Crippen LogP contribution in [0.2, 0.25) is 5.02 Å². The summed E-state index contributed by atoms with van der Waals surface area (Å²) in [5, 5.41) is 4.07. The van der Waals surface area contributed by atoms with Crippen LogP contribution in [-0.2, 0) is 4.79 Å². The Kier molecular flexibility index (Phi) is 4.65. The highest BCUT2D eigenvalue weighted by atomic mass is 35.5. The molecule has 3 heterocycles. The number of benzene rings is 2. The Balaban J connectivity index is 1.37. The molecule has 1 aliphatic heterocycles. The van der Waals surface area contributed by atoms with Crippen molar-refractivity contribution < 1.29 is 14.3 Å². The van der Waals surface area contributed by atoms with Crippen LogP contribution in [0.15, 0.2) is 67.1 Å². The number of aromatic nitrogens is 3. The van der Waals surface area contributed by atoms with Gasteiger partial charge in [0.25, 0.3) is 5.91 Å². The molecule has 0 spiro atoms. The monoisotopic (exact) mass is 418 g/mol. The number of amides is 1. The number of carbonyl (C=O) groups excluding carboxylic acids is 1. The Bertz CT molecular complexity index is 1260. The molecule has 0 saturated heterocycles. The van der Waals surface area contributed by atoms with Gasteiger partial charge in [0.1, 0.15) is 12.9 Å². The van der Waals surface area contributed by atoms with Crippen molar-refractivity contribution in [2.24, 2.45) is 0 Å². The molecule has 0 fully saturated rings. The highest BCUT2D eigenvalue weighted by Gasteiger charge is 2.27. The normalized spacial score (nSPS) is 15.0. The summed E-state index contributed by atoms with van der Waals surface area (Å²) in [6, 6.07) is 16.2. The molecule has 0 aliphatic carbocycles. The van der Waals surface area contributed by atoms with E-state index in [0.29, 0.717) is 33.6 Å². The van der Waals surface area contributed by atoms with E-state index in [1.165, 1.54) is 6.33 Å². The number of rotatable bonds is 3. The summed E-state index contributed by atoms with van der Waals surface area (Å²) in [5.41, 5.74) is 2.54. The summed E-state index contributed by atoms with van der Waals surface area (Å²) in [5.74, 6) is 0.854. The summed E-state index contributed by atoms with van der Waals surface area (Å²) < 4.78 is 11.3. The lowest BCUT2D eigenvalue weighted by Gasteiger charge is -2.25. The Morgan fingerprint density at radius 3 is 2.77 bits per heavy atom. The predicted octanol–water partition coefficient (Wildman–Crippen LogP) is 4.12. The van der Waals surface area contributed by atoms with Gasteiger partial charge in [-0.05, 0) is 42.5 Å². The zero-order chi connectivity index (χ0) is 20.5. The fourth-order valence-corrected chi connectivity index (χ4v) is 3.54. The second kappa shape index (κ2) is 7.61. The van der Waals surface area contributed by atoms with Crippen molar-refractivity contribution in [3.63, 3.8) is 0 Å². The van der Waals surface area contributed by atoms with Gasteiger partial charge >= 0.3 is 0 Å². The molecule has 148 valence electrons. The van der Waals surface area contributed by atoms with Gasteiger partial charge in [0, 0.05) is 22.8 Å². The van der Waals surface area contributed by atoms with Crippen molar-refractivity contribution >= 4 is 34.2 Å². The summed E-state index contributed by atoms with van der Waals surface area (Å²) in [6.45, 7) is 0.134. The Labute approximate surface area is 176 Å². The lowest BCUT2D eigenvalue weighted by molar-refractivity contribution is -0.125. The van der Waals surface area contributed by atoms with Gasteiger partial charge in [-0.3, -0.25) is 4.79 Å². The number of halogens is 1. The first-order valence-corrected chi connectivity index (χ1v) is 9.62. The first-order valence-electron chi connectivity index (χ1n) is 9.24. The van der Waals surface area contributed by atoms with Gasteiger partial charge in [-0.2, -0.15) is 0 Å². The smallest absolute Gasteiger partial charge is 0.269 e. The van der Waals surface area contributed by atoms with E-state index < -0.39 is 6.10 Å². The molecule has 2 aromatic heterocycles. The number of carbonyl (C=O) groups is 1. The zero-order valence-electron chi connectivity index (χ0n) is 15.6. The fourth-order valence-electron chi connectivity index (χ4n) is 3.27. The first kappa shape index (κ1) is 18.3. The number of ether oxygens (including phenoxy) is 2. The number of hydrogen-bond donors (Lipinski definition) is 1. The molecule has 7 nitrogen and oxygen atoms in total. The van der Waals surface area contributed by atoms with Crippen LogP contribution in [0.25, 0.3) is 22.3 Å². The number of pyridine rings is 1. The van der Waals surface area contributed by atoms with E-state index >= 15 is 0 Å². The molecule has 1 unspecified atom stereocenters. The molecule has 1 N–H and O–H groups in total. The second-order valence-corrected chi connectivity index (χ2v) is 7.05. The molecule has 30 heavy (non-hydrogen) atoms. The van der Waals surface area contributed by atoms with Crippen molar-refractivity contribution in [2.45, 2.75) is 6.10 Å². The first-order chi connectivity index (χ1) is 14.7. The summed E-state index contributed by atoms with van der Waals surface area (Å²) in [4.78, 5) is 25.4. The fraction of sp³-hybridized carbons (Fsp3) is 0.0909. The molecule has 4 aromatic rings. The Morgan fingerprint density at radius 2 is 1.90 bits per heavy atom. The maximum Gasteiger partial charge on any atom is 0.269 e. The predicted molar refractivity (Wildman–Crippen MR) is 113 cm³/mol. The summed E-state index contributed by atoms with van der Waals surface area (Å²) in [7, 11) is 0.